The van der Waals surface area contributed by atoms with E-state index in [2.05, 4.69) is 44.2 Å². The fourth-order valence-electron chi connectivity index (χ4n) is 5.56. The molecule has 0 radical (unpaired) electrons. The van der Waals surface area contributed by atoms with Crippen LogP contribution in [0.4, 0.5) is 5.69 Å². The molecule has 1 saturated carbocycles. The number of quaternary nitrogens is 1. The van der Waals surface area contributed by atoms with Crippen LogP contribution < -0.4 is 4.65 Å². The van der Waals surface area contributed by atoms with E-state index in [1.54, 1.807) is 6.92 Å². The van der Waals surface area contributed by atoms with Gasteiger partial charge < -0.3 is 0 Å². The van der Waals surface area contributed by atoms with Gasteiger partial charge in [-0.15, -0.1) is 0 Å². The van der Waals surface area contributed by atoms with Crippen molar-refractivity contribution in [3.8, 4) is 0 Å². The number of fused-ring (bicyclic) bond motifs is 1. The summed E-state index contributed by atoms with van der Waals surface area (Å²) in [6.45, 7) is 6.21. The van der Waals surface area contributed by atoms with E-state index >= 15 is 0 Å². The molecule has 5 unspecified atom stereocenters. The zero-order valence-corrected chi connectivity index (χ0v) is 16.1. The van der Waals surface area contributed by atoms with Gasteiger partial charge in [0.1, 0.15) is 12.1 Å². The van der Waals surface area contributed by atoms with Gasteiger partial charge in [-0.3, -0.25) is 4.84 Å². The monoisotopic (exact) mass is 344 g/mol. The maximum Gasteiger partial charge on any atom is 0.364 e. The zero-order chi connectivity index (χ0) is 17.9. The third-order valence-corrected chi connectivity index (χ3v) is 6.48. The van der Waals surface area contributed by atoms with E-state index in [0.29, 0.717) is 28.6 Å². The molecule has 0 N–H and O–H groups in total. The van der Waals surface area contributed by atoms with Crippen LogP contribution in [0, 0.1) is 11.8 Å². The molecule has 3 nitrogen and oxygen atoms in total. The molecule has 2 fully saturated rings. The highest BCUT2D eigenvalue weighted by molar-refractivity contribution is 5.67. The molecule has 0 amide bonds. The minimum absolute atomic E-state index is 0.149. The Hall–Kier alpha value is -1.35. The molecule has 1 aromatic rings. The number of benzene rings is 1. The number of rotatable bonds is 5. The van der Waals surface area contributed by atoms with Crippen molar-refractivity contribution in [1.29, 1.82) is 0 Å². The third kappa shape index (κ3) is 3.48. The number of piperidine rings is 1. The molecule has 1 aliphatic carbocycles. The Morgan fingerprint density at radius 1 is 1.20 bits per heavy atom. The van der Waals surface area contributed by atoms with Crippen molar-refractivity contribution in [2.45, 2.75) is 84.2 Å². The minimum atomic E-state index is -0.149. The Kier molecular flexibility index (Phi) is 5.83. The lowest BCUT2D eigenvalue weighted by Gasteiger charge is -2.54. The molecular weight excluding hydrogens is 310 g/mol. The van der Waals surface area contributed by atoms with Crippen molar-refractivity contribution in [1.82, 2.24) is 4.65 Å². The fraction of sp³-hybridized carbons (Fsp3) is 0.682. The highest BCUT2D eigenvalue weighted by Crippen LogP contribution is 2.49. The average Bonchev–Trinajstić information content (AvgIpc) is 2.61. The number of hydroxylamine groups is 2. The summed E-state index contributed by atoms with van der Waals surface area (Å²) in [6, 6.07) is 11.4. The molecule has 25 heavy (non-hydrogen) atoms. The SMILES string of the molecule is CCCCC1C(C)CC2CCCCC2[N+]1(OC(C)=O)c1ccccc1. The van der Waals surface area contributed by atoms with Crippen LogP contribution in [0.25, 0.3) is 0 Å². The number of hydrogen-bond donors (Lipinski definition) is 0. The van der Waals surface area contributed by atoms with E-state index in [1.165, 1.54) is 50.6 Å². The van der Waals surface area contributed by atoms with Crippen molar-refractivity contribution < 1.29 is 9.63 Å². The van der Waals surface area contributed by atoms with E-state index in [-0.39, 0.29) is 5.97 Å². The van der Waals surface area contributed by atoms with Gasteiger partial charge in [0.15, 0.2) is 5.69 Å². The van der Waals surface area contributed by atoms with Gasteiger partial charge in [0.25, 0.3) is 0 Å². The number of carbonyl (C=O) groups is 1. The van der Waals surface area contributed by atoms with Crippen molar-refractivity contribution in [3.63, 3.8) is 0 Å². The van der Waals surface area contributed by atoms with Gasteiger partial charge in [0, 0.05) is 43.7 Å². The molecule has 1 aliphatic heterocycles. The first kappa shape index (κ1) is 18.4. The van der Waals surface area contributed by atoms with Crippen LogP contribution in [-0.2, 0) is 9.63 Å². The summed E-state index contributed by atoms with van der Waals surface area (Å²) in [6.07, 6.45) is 9.82. The molecule has 3 heteroatoms. The number of unbranched alkanes of at least 4 members (excludes halogenated alkanes) is 1. The molecule has 2 aliphatic rings. The first-order chi connectivity index (χ1) is 12.1. The summed E-state index contributed by atoms with van der Waals surface area (Å²) in [7, 11) is 0. The fourth-order valence-corrected chi connectivity index (χ4v) is 5.56. The lowest BCUT2D eigenvalue weighted by Crippen LogP contribution is -2.70. The summed E-state index contributed by atoms with van der Waals surface area (Å²) < 4.78 is 0.446. The second kappa shape index (κ2) is 7.90. The Balaban J connectivity index is 2.12. The molecule has 0 bridgehead atoms. The van der Waals surface area contributed by atoms with Gasteiger partial charge in [-0.2, -0.15) is 0 Å². The highest BCUT2D eigenvalue weighted by Gasteiger charge is 2.58. The Bertz CT molecular complexity index is 573. The molecule has 3 rings (SSSR count). The van der Waals surface area contributed by atoms with E-state index in [0.717, 1.165) is 6.42 Å². The van der Waals surface area contributed by atoms with Gasteiger partial charge in [-0.25, -0.2) is 4.79 Å². The molecule has 138 valence electrons. The number of carbonyl (C=O) groups excluding carboxylic acids is 1. The first-order valence-electron chi connectivity index (χ1n) is 10.2. The maximum absolute atomic E-state index is 12.3. The molecule has 1 aromatic carbocycles. The molecule has 1 heterocycles. The second-order valence-corrected chi connectivity index (χ2v) is 8.16. The van der Waals surface area contributed by atoms with Gasteiger partial charge in [-0.1, -0.05) is 49.5 Å². The van der Waals surface area contributed by atoms with Crippen molar-refractivity contribution >= 4 is 11.7 Å². The summed E-state index contributed by atoms with van der Waals surface area (Å²) in [5.41, 5.74) is 1.17. The minimum Gasteiger partial charge on any atom is -0.271 e. The lowest BCUT2D eigenvalue weighted by atomic mass is 9.70. The highest BCUT2D eigenvalue weighted by atomic mass is 16.7. The summed E-state index contributed by atoms with van der Waals surface area (Å²) in [5, 5.41) is 0. The van der Waals surface area contributed by atoms with E-state index < -0.39 is 0 Å². The van der Waals surface area contributed by atoms with Gasteiger partial charge in [-0.05, 0) is 25.7 Å². The van der Waals surface area contributed by atoms with Crippen LogP contribution in [0.1, 0.15) is 72.1 Å². The Morgan fingerprint density at radius 2 is 1.92 bits per heavy atom. The van der Waals surface area contributed by atoms with Gasteiger partial charge in [0.05, 0.1) is 0 Å². The van der Waals surface area contributed by atoms with E-state index in [9.17, 15) is 4.79 Å². The Labute approximate surface area is 152 Å². The van der Waals surface area contributed by atoms with Crippen LogP contribution in [0.5, 0.6) is 0 Å². The largest absolute Gasteiger partial charge is 0.364 e. The quantitative estimate of drug-likeness (QED) is 0.647. The van der Waals surface area contributed by atoms with Crippen molar-refractivity contribution in [2.24, 2.45) is 11.8 Å². The maximum atomic E-state index is 12.3. The molecule has 5 atom stereocenters. The molecular formula is C22H34NO2+. The molecule has 0 spiro atoms. The third-order valence-electron chi connectivity index (χ3n) is 6.48. The lowest BCUT2D eigenvalue weighted by molar-refractivity contribution is -0.235. The van der Waals surface area contributed by atoms with Crippen LogP contribution >= 0.6 is 0 Å². The van der Waals surface area contributed by atoms with Gasteiger partial charge in [0.2, 0.25) is 0 Å². The number of para-hydroxylation sites is 1. The van der Waals surface area contributed by atoms with E-state index in [4.69, 9.17) is 4.84 Å². The molecule has 0 aromatic heterocycles. The average molecular weight is 345 g/mol. The van der Waals surface area contributed by atoms with Crippen LogP contribution in [-0.4, -0.2) is 18.1 Å². The summed E-state index contributed by atoms with van der Waals surface area (Å²) in [5.74, 6) is 1.09. The van der Waals surface area contributed by atoms with E-state index in [1.807, 2.05) is 0 Å². The topological polar surface area (TPSA) is 26.3 Å². The van der Waals surface area contributed by atoms with Crippen LogP contribution in [0.15, 0.2) is 30.3 Å². The second-order valence-electron chi connectivity index (χ2n) is 8.16. The van der Waals surface area contributed by atoms with Gasteiger partial charge >= 0.3 is 5.97 Å². The normalized spacial score (nSPS) is 35.0. The van der Waals surface area contributed by atoms with Crippen molar-refractivity contribution in [2.75, 3.05) is 0 Å². The molecule has 1 saturated heterocycles. The predicted octanol–water partition coefficient (Wildman–Crippen LogP) is 5.63. The van der Waals surface area contributed by atoms with Crippen molar-refractivity contribution in [3.05, 3.63) is 30.3 Å². The standard InChI is InChI=1S/C22H34NO2/c1-4-5-14-21-17(2)16-19-11-9-10-15-22(19)23(21,25-18(3)24)20-12-7-6-8-13-20/h6-8,12-13,17,19,21-22H,4-5,9-11,14-16H2,1-3H3/q+1. The van der Waals surface area contributed by atoms with Crippen LogP contribution in [0.3, 0.4) is 0 Å². The summed E-state index contributed by atoms with van der Waals surface area (Å²) >= 11 is 0. The first-order valence-corrected chi connectivity index (χ1v) is 10.2. The number of hydrogen-bond acceptors (Lipinski definition) is 2. The smallest absolute Gasteiger partial charge is 0.271 e. The summed E-state index contributed by atoms with van der Waals surface area (Å²) in [4.78, 5) is 18.6. The zero-order valence-electron chi connectivity index (χ0n) is 16.1. The predicted molar refractivity (Wildman–Crippen MR) is 103 cm³/mol. The Morgan fingerprint density at radius 3 is 2.60 bits per heavy atom. The van der Waals surface area contributed by atoms with Crippen LogP contribution in [0.2, 0.25) is 0 Å². The number of nitrogens with zero attached hydrogens (tertiary/aromatic N) is 1.